The predicted octanol–water partition coefficient (Wildman–Crippen LogP) is 6.06. The Morgan fingerprint density at radius 2 is 1.74 bits per heavy atom. The van der Waals surface area contributed by atoms with Crippen molar-refractivity contribution < 1.29 is 27.9 Å². The number of amides is 1. The third kappa shape index (κ3) is 8.10. The lowest BCUT2D eigenvalue weighted by molar-refractivity contribution is -0.139. The van der Waals surface area contributed by atoms with E-state index in [0.29, 0.717) is 23.7 Å². The molecule has 0 saturated heterocycles. The second-order valence-electron chi connectivity index (χ2n) is 12.9. The largest absolute Gasteiger partial charge is 0.481 e. The fourth-order valence-corrected chi connectivity index (χ4v) is 6.16. The van der Waals surface area contributed by atoms with Crippen molar-refractivity contribution in [2.24, 2.45) is 13.0 Å². The van der Waals surface area contributed by atoms with Gasteiger partial charge in [0.25, 0.3) is 5.56 Å². The SMILES string of the molecule is Cc1cccc(C)c1-c1cc([C@@H](CC(=O)O)NC(=O)[C@H](CC(C)C)n2cc(CCN(C)C)c(C(F)(F)F)cc2=O)c2c(cnn2C)c1. The molecule has 4 aromatic rings. The molecular formula is C35H42F3N5O4. The van der Waals surface area contributed by atoms with Crippen LogP contribution in [-0.2, 0) is 29.2 Å². The number of carboxylic acid groups (broad SMARTS) is 1. The van der Waals surface area contributed by atoms with Gasteiger partial charge in [-0.25, -0.2) is 0 Å². The van der Waals surface area contributed by atoms with E-state index < -0.39 is 47.7 Å². The van der Waals surface area contributed by atoms with E-state index in [9.17, 15) is 32.7 Å². The van der Waals surface area contributed by atoms with E-state index in [1.807, 2.05) is 58.0 Å². The molecule has 252 valence electrons. The molecule has 0 aliphatic carbocycles. The maximum atomic E-state index is 14.2. The summed E-state index contributed by atoms with van der Waals surface area (Å²) >= 11 is 0. The third-order valence-electron chi connectivity index (χ3n) is 8.33. The first-order valence-corrected chi connectivity index (χ1v) is 15.5. The lowest BCUT2D eigenvalue weighted by atomic mass is 9.90. The van der Waals surface area contributed by atoms with Gasteiger partial charge < -0.3 is 19.9 Å². The first-order valence-electron chi connectivity index (χ1n) is 15.5. The number of benzene rings is 2. The molecule has 0 bridgehead atoms. The van der Waals surface area contributed by atoms with Crippen molar-refractivity contribution in [3.05, 3.63) is 87.0 Å². The molecule has 0 unspecified atom stereocenters. The summed E-state index contributed by atoms with van der Waals surface area (Å²) in [6.45, 7) is 7.93. The van der Waals surface area contributed by atoms with E-state index in [1.54, 1.807) is 36.9 Å². The molecule has 1 amide bonds. The van der Waals surface area contributed by atoms with Crippen LogP contribution < -0.4 is 10.9 Å². The van der Waals surface area contributed by atoms with Crippen LogP contribution in [0.3, 0.4) is 0 Å². The van der Waals surface area contributed by atoms with Gasteiger partial charge in [-0.1, -0.05) is 32.0 Å². The van der Waals surface area contributed by atoms with Gasteiger partial charge >= 0.3 is 12.1 Å². The summed E-state index contributed by atoms with van der Waals surface area (Å²) in [4.78, 5) is 41.4. The molecular weight excluding hydrogens is 611 g/mol. The minimum Gasteiger partial charge on any atom is -0.481 e. The first-order chi connectivity index (χ1) is 22.0. The number of aliphatic carboxylic acids is 1. The third-order valence-corrected chi connectivity index (χ3v) is 8.33. The van der Waals surface area contributed by atoms with E-state index in [1.165, 1.54) is 0 Å². The highest BCUT2D eigenvalue weighted by Gasteiger charge is 2.36. The number of carbonyl (C=O) groups excluding carboxylic acids is 1. The standard InChI is InChI=1S/C35H42F3N5O4/c1-20(2)13-29(43-19-23(11-12-41(5)6)27(16-30(43)44)35(36,37)38)34(47)40-28(17-31(45)46)26-15-24(14-25-18-39-42(7)33(25)26)32-21(3)9-8-10-22(32)4/h8-10,14-16,18-20,28-29H,11-13,17H2,1-7H3,(H,40,47)(H,45,46)/t28-,29+/m1/s1. The summed E-state index contributed by atoms with van der Waals surface area (Å²) in [5.74, 6) is -1.96. The predicted molar refractivity (Wildman–Crippen MR) is 175 cm³/mol. The van der Waals surface area contributed by atoms with Crippen LogP contribution in [0.5, 0.6) is 0 Å². The molecule has 4 rings (SSSR count). The quantitative estimate of drug-likeness (QED) is 0.192. The molecule has 0 spiro atoms. The molecule has 2 N–H and O–H groups in total. The van der Waals surface area contributed by atoms with Crippen LogP contribution in [0, 0.1) is 19.8 Å². The second kappa shape index (κ2) is 14.1. The molecule has 9 nitrogen and oxygen atoms in total. The van der Waals surface area contributed by atoms with Crippen LogP contribution in [0.4, 0.5) is 13.2 Å². The number of alkyl halides is 3. The van der Waals surface area contributed by atoms with Crippen LogP contribution in [-0.4, -0.2) is 56.9 Å². The number of rotatable bonds is 12. The number of likely N-dealkylation sites (N-methyl/N-ethyl adjacent to an activating group) is 1. The number of hydrogen-bond donors (Lipinski definition) is 2. The van der Waals surface area contributed by atoms with Crippen molar-refractivity contribution >= 4 is 22.8 Å². The highest BCUT2D eigenvalue weighted by molar-refractivity contribution is 5.90. The Labute approximate surface area is 272 Å². The molecule has 47 heavy (non-hydrogen) atoms. The number of hydrogen-bond acceptors (Lipinski definition) is 5. The van der Waals surface area contributed by atoms with Crippen molar-refractivity contribution in [2.75, 3.05) is 20.6 Å². The van der Waals surface area contributed by atoms with Crippen molar-refractivity contribution in [2.45, 2.75) is 65.2 Å². The van der Waals surface area contributed by atoms with E-state index in [2.05, 4.69) is 10.4 Å². The number of nitrogens with zero attached hydrogens (tertiary/aromatic N) is 4. The van der Waals surface area contributed by atoms with Crippen molar-refractivity contribution in [1.82, 2.24) is 24.6 Å². The highest BCUT2D eigenvalue weighted by atomic mass is 19.4. The maximum Gasteiger partial charge on any atom is 0.416 e. The van der Waals surface area contributed by atoms with Crippen LogP contribution >= 0.6 is 0 Å². The molecule has 2 aromatic heterocycles. The van der Waals surface area contributed by atoms with Crippen LogP contribution in [0.25, 0.3) is 22.0 Å². The molecule has 0 fully saturated rings. The van der Waals surface area contributed by atoms with Gasteiger partial charge in [0.2, 0.25) is 5.91 Å². The lowest BCUT2D eigenvalue weighted by Gasteiger charge is -2.27. The smallest absolute Gasteiger partial charge is 0.416 e. The van der Waals surface area contributed by atoms with Gasteiger partial charge in [0.15, 0.2) is 0 Å². The minimum absolute atomic E-state index is 0.00334. The van der Waals surface area contributed by atoms with Crippen LogP contribution in [0.1, 0.15) is 66.6 Å². The van der Waals surface area contributed by atoms with Crippen LogP contribution in [0.15, 0.2) is 53.6 Å². The van der Waals surface area contributed by atoms with Crippen molar-refractivity contribution in [1.29, 1.82) is 0 Å². The Kier molecular flexibility index (Phi) is 10.6. The summed E-state index contributed by atoms with van der Waals surface area (Å²) in [5.41, 5.74) is 2.87. The number of carboxylic acids is 1. The van der Waals surface area contributed by atoms with E-state index in [-0.39, 0.29) is 24.3 Å². The molecule has 0 saturated carbocycles. The molecule has 0 radical (unpaired) electrons. The summed E-state index contributed by atoms with van der Waals surface area (Å²) < 4.78 is 44.6. The van der Waals surface area contributed by atoms with Crippen LogP contribution in [0.2, 0.25) is 0 Å². The second-order valence-corrected chi connectivity index (χ2v) is 12.9. The fraction of sp³-hybridized carbons (Fsp3) is 0.429. The Balaban J connectivity index is 1.85. The number of fused-ring (bicyclic) bond motifs is 1. The zero-order valence-electron chi connectivity index (χ0n) is 27.8. The lowest BCUT2D eigenvalue weighted by Crippen LogP contribution is -2.40. The van der Waals surface area contributed by atoms with Gasteiger partial charge in [0, 0.05) is 36.8 Å². The van der Waals surface area contributed by atoms with Crippen molar-refractivity contribution in [3.63, 3.8) is 0 Å². The van der Waals surface area contributed by atoms with E-state index in [0.717, 1.165) is 38.4 Å². The number of aromatic nitrogens is 3. The fourth-order valence-electron chi connectivity index (χ4n) is 6.16. The Morgan fingerprint density at radius 1 is 1.09 bits per heavy atom. The van der Waals surface area contributed by atoms with Gasteiger partial charge in [0.05, 0.1) is 29.7 Å². The summed E-state index contributed by atoms with van der Waals surface area (Å²) in [6.07, 6.45) is -2.29. The Bertz CT molecular complexity index is 1820. The monoisotopic (exact) mass is 653 g/mol. The van der Waals surface area contributed by atoms with E-state index in [4.69, 9.17) is 0 Å². The number of nitrogens with one attached hydrogen (secondary N) is 1. The summed E-state index contributed by atoms with van der Waals surface area (Å²) in [7, 11) is 5.19. The zero-order valence-corrected chi connectivity index (χ0v) is 27.8. The average molecular weight is 654 g/mol. The summed E-state index contributed by atoms with van der Waals surface area (Å²) in [5, 5.41) is 18.0. The van der Waals surface area contributed by atoms with Gasteiger partial charge in [-0.05, 0) is 86.7 Å². The first kappa shape index (κ1) is 35.4. The molecule has 0 aliphatic heterocycles. The number of aryl methyl sites for hydroxylation is 3. The van der Waals surface area contributed by atoms with Crippen molar-refractivity contribution in [3.8, 4) is 11.1 Å². The molecule has 2 atom stereocenters. The molecule has 2 heterocycles. The van der Waals surface area contributed by atoms with Gasteiger partial charge in [-0.15, -0.1) is 0 Å². The molecule has 0 aliphatic rings. The van der Waals surface area contributed by atoms with E-state index >= 15 is 0 Å². The highest BCUT2D eigenvalue weighted by Crippen LogP contribution is 2.36. The number of carbonyl (C=O) groups is 2. The topological polar surface area (TPSA) is 109 Å². The summed E-state index contributed by atoms with van der Waals surface area (Å²) in [6, 6.07) is 8.06. The number of halogens is 3. The normalized spacial score (nSPS) is 13.4. The zero-order chi connectivity index (χ0) is 34.8. The van der Waals surface area contributed by atoms with Gasteiger partial charge in [-0.3, -0.25) is 19.1 Å². The van der Waals surface area contributed by atoms with Gasteiger partial charge in [-0.2, -0.15) is 18.3 Å². The minimum atomic E-state index is -4.75. The number of pyridine rings is 1. The molecule has 12 heteroatoms. The Morgan fingerprint density at radius 3 is 2.32 bits per heavy atom. The Hall–Kier alpha value is -4.45. The average Bonchev–Trinajstić information content (AvgIpc) is 3.33. The van der Waals surface area contributed by atoms with Gasteiger partial charge in [0.1, 0.15) is 6.04 Å². The molecule has 2 aromatic carbocycles. The maximum absolute atomic E-state index is 14.2.